The van der Waals surface area contributed by atoms with Gasteiger partial charge in [0.2, 0.25) is 0 Å². The molecule has 3 nitrogen and oxygen atoms in total. The number of aldehydes is 1. The number of fused-ring (bicyclic) bond motifs is 1. The third kappa shape index (κ3) is 2.25. The molecule has 1 aromatic carbocycles. The van der Waals surface area contributed by atoms with E-state index in [9.17, 15) is 4.79 Å². The molecule has 3 heteroatoms. The standard InChI is InChI=1S/C13H13NO2/c1-16-7-6-10-2-3-11-4-5-12(9-15)14-13(11)8-10/h2-5,8-9H,6-7H2,1H3. The van der Waals surface area contributed by atoms with Gasteiger partial charge in [-0.25, -0.2) is 4.98 Å². The van der Waals surface area contributed by atoms with E-state index in [2.05, 4.69) is 11.1 Å². The lowest BCUT2D eigenvalue weighted by Crippen LogP contribution is -1.95. The van der Waals surface area contributed by atoms with Crippen LogP contribution in [0.3, 0.4) is 0 Å². The normalized spacial score (nSPS) is 10.6. The number of nitrogens with zero attached hydrogens (tertiary/aromatic N) is 1. The summed E-state index contributed by atoms with van der Waals surface area (Å²) >= 11 is 0. The van der Waals surface area contributed by atoms with Crippen LogP contribution in [0.2, 0.25) is 0 Å². The Bertz CT molecular complexity index is 508. The van der Waals surface area contributed by atoms with Gasteiger partial charge in [0.05, 0.1) is 12.1 Å². The van der Waals surface area contributed by atoms with Gasteiger partial charge < -0.3 is 4.74 Å². The minimum absolute atomic E-state index is 0.469. The molecule has 16 heavy (non-hydrogen) atoms. The van der Waals surface area contributed by atoms with Gasteiger partial charge in [-0.2, -0.15) is 0 Å². The molecule has 0 saturated carbocycles. The number of pyridine rings is 1. The van der Waals surface area contributed by atoms with Crippen LogP contribution in [0.1, 0.15) is 16.1 Å². The number of carbonyl (C=O) groups is 1. The van der Waals surface area contributed by atoms with E-state index < -0.39 is 0 Å². The number of hydrogen-bond donors (Lipinski definition) is 0. The van der Waals surface area contributed by atoms with Gasteiger partial charge in [-0.3, -0.25) is 4.79 Å². The third-order valence-corrected chi connectivity index (χ3v) is 2.49. The Hall–Kier alpha value is -1.74. The minimum Gasteiger partial charge on any atom is -0.384 e. The topological polar surface area (TPSA) is 39.2 Å². The monoisotopic (exact) mass is 215 g/mol. The van der Waals surface area contributed by atoms with Crippen molar-refractivity contribution < 1.29 is 9.53 Å². The van der Waals surface area contributed by atoms with Gasteiger partial charge in [-0.05, 0) is 24.1 Å². The second kappa shape index (κ2) is 4.86. The molecule has 0 fully saturated rings. The smallest absolute Gasteiger partial charge is 0.168 e. The van der Waals surface area contributed by atoms with E-state index in [4.69, 9.17) is 4.74 Å². The molecule has 0 aliphatic rings. The van der Waals surface area contributed by atoms with E-state index >= 15 is 0 Å². The second-order valence-electron chi connectivity index (χ2n) is 3.62. The average molecular weight is 215 g/mol. The van der Waals surface area contributed by atoms with Crippen LogP contribution >= 0.6 is 0 Å². The first kappa shape index (κ1) is 10.8. The molecule has 0 radical (unpaired) electrons. The van der Waals surface area contributed by atoms with Crippen molar-refractivity contribution in [3.05, 3.63) is 41.6 Å². The lowest BCUT2D eigenvalue weighted by Gasteiger charge is -2.03. The van der Waals surface area contributed by atoms with Crippen LogP contribution in [0.15, 0.2) is 30.3 Å². The summed E-state index contributed by atoms with van der Waals surface area (Å²) < 4.78 is 5.03. The molecule has 1 heterocycles. The largest absolute Gasteiger partial charge is 0.384 e. The summed E-state index contributed by atoms with van der Waals surface area (Å²) in [4.78, 5) is 14.9. The number of aromatic nitrogens is 1. The molecule has 0 bridgehead atoms. The number of methoxy groups -OCH3 is 1. The van der Waals surface area contributed by atoms with Crippen molar-refractivity contribution in [3.63, 3.8) is 0 Å². The first-order valence-corrected chi connectivity index (χ1v) is 5.17. The molecule has 1 aromatic heterocycles. The molecule has 82 valence electrons. The van der Waals surface area contributed by atoms with Crippen LogP contribution in [0, 0.1) is 0 Å². The van der Waals surface area contributed by atoms with Crippen LogP contribution < -0.4 is 0 Å². The van der Waals surface area contributed by atoms with Crippen LogP contribution in [-0.4, -0.2) is 25.0 Å². The Labute approximate surface area is 94.1 Å². The summed E-state index contributed by atoms with van der Waals surface area (Å²) in [6.45, 7) is 0.693. The van der Waals surface area contributed by atoms with Crippen LogP contribution in [0.5, 0.6) is 0 Å². The molecule has 2 rings (SSSR count). The van der Waals surface area contributed by atoms with Crippen LogP contribution in [0.4, 0.5) is 0 Å². The highest BCUT2D eigenvalue weighted by atomic mass is 16.5. The Balaban J connectivity index is 2.38. The van der Waals surface area contributed by atoms with Gasteiger partial charge in [-0.1, -0.05) is 18.2 Å². The summed E-state index contributed by atoms with van der Waals surface area (Å²) in [7, 11) is 1.68. The predicted octanol–water partition coefficient (Wildman–Crippen LogP) is 2.24. The fraction of sp³-hybridized carbons (Fsp3) is 0.231. The Morgan fingerprint density at radius 2 is 2.12 bits per heavy atom. The first-order chi connectivity index (χ1) is 7.83. The fourth-order valence-electron chi connectivity index (χ4n) is 1.62. The SMILES string of the molecule is COCCc1ccc2ccc(C=O)nc2c1. The maximum Gasteiger partial charge on any atom is 0.168 e. The molecule has 0 unspecified atom stereocenters. The summed E-state index contributed by atoms with van der Waals surface area (Å²) in [5, 5.41) is 1.05. The van der Waals surface area contributed by atoms with Gasteiger partial charge in [0, 0.05) is 12.5 Å². The van der Waals surface area contributed by atoms with E-state index in [0.29, 0.717) is 12.3 Å². The highest BCUT2D eigenvalue weighted by Gasteiger charge is 1.99. The Morgan fingerprint density at radius 1 is 1.31 bits per heavy atom. The number of rotatable bonds is 4. The zero-order valence-electron chi connectivity index (χ0n) is 9.14. The molecular formula is C13H13NO2. The van der Waals surface area contributed by atoms with Gasteiger partial charge in [0.25, 0.3) is 0 Å². The number of benzene rings is 1. The van der Waals surface area contributed by atoms with E-state index in [-0.39, 0.29) is 0 Å². The predicted molar refractivity (Wildman–Crippen MR) is 62.7 cm³/mol. The quantitative estimate of drug-likeness (QED) is 0.734. The van der Waals surface area contributed by atoms with Crippen LogP contribution in [0.25, 0.3) is 10.9 Å². The molecule has 0 saturated heterocycles. The van der Waals surface area contributed by atoms with Crippen molar-refractivity contribution in [2.45, 2.75) is 6.42 Å². The fourth-order valence-corrected chi connectivity index (χ4v) is 1.62. The number of carbonyl (C=O) groups excluding carboxylic acids is 1. The lowest BCUT2D eigenvalue weighted by atomic mass is 10.1. The van der Waals surface area contributed by atoms with Crippen LogP contribution in [-0.2, 0) is 11.2 Å². The minimum atomic E-state index is 0.469. The highest BCUT2D eigenvalue weighted by molar-refractivity contribution is 5.83. The third-order valence-electron chi connectivity index (χ3n) is 2.49. The average Bonchev–Trinajstić information content (AvgIpc) is 2.35. The molecule has 2 aromatic rings. The van der Waals surface area contributed by atoms with Crippen molar-refractivity contribution in [2.24, 2.45) is 0 Å². The lowest BCUT2D eigenvalue weighted by molar-refractivity contribution is 0.111. The maximum atomic E-state index is 10.6. The summed E-state index contributed by atoms with van der Waals surface area (Å²) in [6, 6.07) is 9.71. The summed E-state index contributed by atoms with van der Waals surface area (Å²) in [6.07, 6.45) is 1.63. The second-order valence-corrected chi connectivity index (χ2v) is 3.62. The molecule has 0 aliphatic heterocycles. The van der Waals surface area contributed by atoms with Crippen molar-refractivity contribution >= 4 is 17.2 Å². The number of ether oxygens (including phenoxy) is 1. The molecule has 0 atom stereocenters. The van der Waals surface area contributed by atoms with Gasteiger partial charge >= 0.3 is 0 Å². The first-order valence-electron chi connectivity index (χ1n) is 5.17. The zero-order valence-corrected chi connectivity index (χ0v) is 9.14. The Morgan fingerprint density at radius 3 is 2.88 bits per heavy atom. The van der Waals surface area contributed by atoms with Gasteiger partial charge in [-0.15, -0.1) is 0 Å². The summed E-state index contributed by atoms with van der Waals surface area (Å²) in [5.74, 6) is 0. The number of hydrogen-bond acceptors (Lipinski definition) is 3. The van der Waals surface area contributed by atoms with Crippen molar-refractivity contribution in [2.75, 3.05) is 13.7 Å². The Kier molecular flexibility index (Phi) is 3.27. The van der Waals surface area contributed by atoms with E-state index in [0.717, 1.165) is 23.6 Å². The molecule has 0 amide bonds. The van der Waals surface area contributed by atoms with Crippen molar-refractivity contribution in [1.29, 1.82) is 0 Å². The van der Waals surface area contributed by atoms with E-state index in [1.165, 1.54) is 5.56 Å². The molecule has 0 spiro atoms. The van der Waals surface area contributed by atoms with Crippen molar-refractivity contribution in [3.8, 4) is 0 Å². The molecular weight excluding hydrogens is 202 g/mol. The summed E-state index contributed by atoms with van der Waals surface area (Å²) in [5.41, 5.74) is 2.50. The maximum absolute atomic E-state index is 10.6. The van der Waals surface area contributed by atoms with Crippen molar-refractivity contribution in [1.82, 2.24) is 4.98 Å². The highest BCUT2D eigenvalue weighted by Crippen LogP contribution is 2.14. The molecule has 0 aliphatic carbocycles. The van der Waals surface area contributed by atoms with E-state index in [1.54, 1.807) is 13.2 Å². The van der Waals surface area contributed by atoms with Gasteiger partial charge in [0.15, 0.2) is 6.29 Å². The molecule has 0 N–H and O–H groups in total. The van der Waals surface area contributed by atoms with Gasteiger partial charge in [0.1, 0.15) is 5.69 Å². The van der Waals surface area contributed by atoms with E-state index in [1.807, 2.05) is 18.2 Å². The zero-order chi connectivity index (χ0) is 11.4.